The van der Waals surface area contributed by atoms with Gasteiger partial charge in [-0.15, -0.1) is 35.3 Å². The Kier molecular flexibility index (Phi) is 8.34. The van der Waals surface area contributed by atoms with Gasteiger partial charge >= 0.3 is 0 Å². The normalized spacial score (nSPS) is 14.7. The van der Waals surface area contributed by atoms with Crippen molar-refractivity contribution in [2.75, 3.05) is 26.0 Å². The molecule has 27 heavy (non-hydrogen) atoms. The van der Waals surface area contributed by atoms with Gasteiger partial charge in [-0.05, 0) is 49.3 Å². The summed E-state index contributed by atoms with van der Waals surface area (Å²) in [5, 5.41) is 9.97. The number of hydrogen-bond donors (Lipinski definition) is 2. The Bertz CT molecular complexity index is 771. The standard InChI is InChI=1S/C20H29N5S.HI/c1-14(16-10-9-15-7-5-6-8-17(15)11-16)23-19(21-2)22-12-18-13-26-20(24-18)25(3)4;/h9-11,13-14H,5-8,12H2,1-4H3,(H2,21,22,23);1H. The van der Waals surface area contributed by atoms with Crippen LogP contribution < -0.4 is 15.5 Å². The second-order valence-electron chi connectivity index (χ2n) is 7.04. The number of thiazole rings is 1. The van der Waals surface area contributed by atoms with Gasteiger partial charge in [0.25, 0.3) is 0 Å². The number of fused-ring (bicyclic) bond motifs is 1. The van der Waals surface area contributed by atoms with Gasteiger partial charge in [0.1, 0.15) is 0 Å². The fourth-order valence-corrected chi connectivity index (χ4v) is 4.02. The van der Waals surface area contributed by atoms with E-state index in [4.69, 9.17) is 0 Å². The monoisotopic (exact) mass is 499 g/mol. The van der Waals surface area contributed by atoms with E-state index in [2.05, 4.69) is 51.1 Å². The number of nitrogens with one attached hydrogen (secondary N) is 2. The van der Waals surface area contributed by atoms with Crippen LogP contribution in [0.25, 0.3) is 0 Å². The molecule has 0 saturated carbocycles. The van der Waals surface area contributed by atoms with E-state index in [1.165, 1.54) is 42.4 Å². The lowest BCUT2D eigenvalue weighted by atomic mass is 9.89. The molecule has 1 atom stereocenters. The molecule has 7 heteroatoms. The first kappa shape index (κ1) is 21.9. The minimum atomic E-state index is 0. The third-order valence-corrected chi connectivity index (χ3v) is 5.87. The summed E-state index contributed by atoms with van der Waals surface area (Å²) in [6.07, 6.45) is 5.07. The zero-order valence-electron chi connectivity index (χ0n) is 16.6. The number of anilines is 1. The first-order valence-electron chi connectivity index (χ1n) is 9.27. The van der Waals surface area contributed by atoms with Crippen molar-refractivity contribution in [3.63, 3.8) is 0 Å². The highest BCUT2D eigenvalue weighted by Gasteiger charge is 2.13. The van der Waals surface area contributed by atoms with E-state index in [0.717, 1.165) is 16.8 Å². The molecule has 1 aromatic heterocycles. The molecule has 1 aliphatic rings. The van der Waals surface area contributed by atoms with Gasteiger partial charge in [0, 0.05) is 26.5 Å². The third-order valence-electron chi connectivity index (χ3n) is 4.81. The lowest BCUT2D eigenvalue weighted by Gasteiger charge is -2.21. The van der Waals surface area contributed by atoms with E-state index in [1.807, 2.05) is 19.0 Å². The predicted octanol–water partition coefficient (Wildman–Crippen LogP) is 4.13. The molecular weight excluding hydrogens is 469 g/mol. The summed E-state index contributed by atoms with van der Waals surface area (Å²) in [7, 11) is 5.83. The van der Waals surface area contributed by atoms with Crippen molar-refractivity contribution in [1.29, 1.82) is 0 Å². The number of rotatable bonds is 5. The number of aliphatic imine (C=N–C) groups is 1. The third kappa shape index (κ3) is 5.81. The fraction of sp³-hybridized carbons (Fsp3) is 0.500. The molecule has 0 radical (unpaired) electrons. The molecule has 0 aliphatic heterocycles. The summed E-state index contributed by atoms with van der Waals surface area (Å²) in [4.78, 5) is 11.0. The van der Waals surface area contributed by atoms with Crippen LogP contribution in [0.2, 0.25) is 0 Å². The highest BCUT2D eigenvalue weighted by molar-refractivity contribution is 14.0. The zero-order chi connectivity index (χ0) is 18.5. The average Bonchev–Trinajstić information content (AvgIpc) is 3.14. The molecule has 0 spiro atoms. The number of aromatic nitrogens is 1. The Labute approximate surface area is 183 Å². The fourth-order valence-electron chi connectivity index (χ4n) is 3.26. The number of guanidine groups is 1. The molecule has 0 bridgehead atoms. The number of nitrogens with zero attached hydrogens (tertiary/aromatic N) is 3. The van der Waals surface area contributed by atoms with Gasteiger partial charge < -0.3 is 15.5 Å². The zero-order valence-corrected chi connectivity index (χ0v) is 19.7. The Morgan fingerprint density at radius 1 is 1.26 bits per heavy atom. The van der Waals surface area contributed by atoms with Gasteiger partial charge in [-0.2, -0.15) is 0 Å². The number of halogens is 1. The SMILES string of the molecule is CN=C(NCc1csc(N(C)C)n1)NC(C)c1ccc2c(c1)CCCC2.I. The molecule has 0 amide bonds. The maximum atomic E-state index is 4.60. The van der Waals surface area contributed by atoms with E-state index in [9.17, 15) is 0 Å². The van der Waals surface area contributed by atoms with E-state index in [1.54, 1.807) is 18.4 Å². The highest BCUT2D eigenvalue weighted by atomic mass is 127. The average molecular weight is 499 g/mol. The van der Waals surface area contributed by atoms with E-state index in [-0.39, 0.29) is 30.0 Å². The van der Waals surface area contributed by atoms with Crippen LogP contribution in [0, 0.1) is 0 Å². The molecule has 148 valence electrons. The summed E-state index contributed by atoms with van der Waals surface area (Å²) < 4.78 is 0. The molecule has 5 nitrogen and oxygen atoms in total. The van der Waals surface area contributed by atoms with Gasteiger partial charge in [-0.3, -0.25) is 4.99 Å². The lowest BCUT2D eigenvalue weighted by Crippen LogP contribution is -2.38. The van der Waals surface area contributed by atoms with Crippen molar-refractivity contribution < 1.29 is 0 Å². The van der Waals surface area contributed by atoms with Gasteiger partial charge in [-0.1, -0.05) is 18.2 Å². The maximum Gasteiger partial charge on any atom is 0.191 e. The Balaban J connectivity index is 0.00000261. The minimum absolute atomic E-state index is 0. The van der Waals surface area contributed by atoms with Gasteiger partial charge in [0.15, 0.2) is 11.1 Å². The Morgan fingerprint density at radius 3 is 2.67 bits per heavy atom. The summed E-state index contributed by atoms with van der Waals surface area (Å²) in [5.74, 6) is 0.801. The second kappa shape index (κ2) is 10.3. The topological polar surface area (TPSA) is 52.6 Å². The molecule has 2 N–H and O–H groups in total. The quantitative estimate of drug-likeness (QED) is 0.369. The van der Waals surface area contributed by atoms with E-state index in [0.29, 0.717) is 6.54 Å². The molecule has 0 fully saturated rings. The van der Waals surface area contributed by atoms with Crippen LogP contribution in [-0.2, 0) is 19.4 Å². The first-order valence-corrected chi connectivity index (χ1v) is 10.2. The van der Waals surface area contributed by atoms with E-state index < -0.39 is 0 Å². The highest BCUT2D eigenvalue weighted by Crippen LogP contribution is 2.24. The predicted molar refractivity (Wildman–Crippen MR) is 127 cm³/mol. The summed E-state index contributed by atoms with van der Waals surface area (Å²) in [5.41, 5.74) is 5.39. The number of aryl methyl sites for hydroxylation is 2. The number of benzene rings is 1. The molecule has 1 unspecified atom stereocenters. The smallest absolute Gasteiger partial charge is 0.191 e. The van der Waals surface area contributed by atoms with Crippen molar-refractivity contribution in [2.24, 2.45) is 4.99 Å². The van der Waals surface area contributed by atoms with Gasteiger partial charge in [-0.25, -0.2) is 4.98 Å². The van der Waals surface area contributed by atoms with Crippen molar-refractivity contribution in [2.45, 2.75) is 45.2 Å². The van der Waals surface area contributed by atoms with Crippen molar-refractivity contribution in [3.05, 3.63) is 46.0 Å². The van der Waals surface area contributed by atoms with Crippen LogP contribution in [0.5, 0.6) is 0 Å². The molecule has 0 saturated heterocycles. The molecule has 1 aromatic carbocycles. The molecule has 1 heterocycles. The van der Waals surface area contributed by atoms with Crippen LogP contribution in [0.15, 0.2) is 28.6 Å². The number of hydrogen-bond acceptors (Lipinski definition) is 4. The van der Waals surface area contributed by atoms with Crippen molar-refractivity contribution in [3.8, 4) is 0 Å². The Morgan fingerprint density at radius 2 is 2.00 bits per heavy atom. The second-order valence-corrected chi connectivity index (χ2v) is 7.88. The Hall–Kier alpha value is -1.35. The summed E-state index contributed by atoms with van der Waals surface area (Å²) >= 11 is 1.66. The van der Waals surface area contributed by atoms with Crippen molar-refractivity contribution in [1.82, 2.24) is 15.6 Å². The summed E-state index contributed by atoms with van der Waals surface area (Å²) in [6.45, 7) is 2.85. The van der Waals surface area contributed by atoms with Gasteiger partial charge in [0.05, 0.1) is 18.3 Å². The molecule has 1 aliphatic carbocycles. The molecular formula is C20H30IN5S. The largest absolute Gasteiger partial charge is 0.354 e. The minimum Gasteiger partial charge on any atom is -0.354 e. The van der Waals surface area contributed by atoms with Gasteiger partial charge in [0.2, 0.25) is 0 Å². The van der Waals surface area contributed by atoms with Crippen LogP contribution in [0.4, 0.5) is 5.13 Å². The lowest BCUT2D eigenvalue weighted by molar-refractivity contribution is 0.664. The van der Waals surface area contributed by atoms with E-state index >= 15 is 0 Å². The molecule has 2 aromatic rings. The molecule has 3 rings (SSSR count). The summed E-state index contributed by atoms with van der Waals surface area (Å²) in [6, 6.07) is 7.12. The van der Waals surface area contributed by atoms with Crippen LogP contribution in [0.1, 0.15) is 48.2 Å². The maximum absolute atomic E-state index is 4.60. The van der Waals surface area contributed by atoms with Crippen molar-refractivity contribution >= 4 is 46.4 Å². The van der Waals surface area contributed by atoms with Crippen LogP contribution in [-0.4, -0.2) is 32.1 Å². The van der Waals surface area contributed by atoms with Crippen LogP contribution >= 0.6 is 35.3 Å². The first-order chi connectivity index (χ1) is 12.6. The van der Waals surface area contributed by atoms with Crippen LogP contribution in [0.3, 0.4) is 0 Å².